The third-order valence-electron chi connectivity index (χ3n) is 6.91. The molecule has 3 unspecified atom stereocenters. The Balaban J connectivity index is 2.46. The smallest absolute Gasteiger partial charge is 0.339 e. The number of esters is 4. The predicted octanol–water partition coefficient (Wildman–Crippen LogP) is 3.70. The van der Waals surface area contributed by atoms with Gasteiger partial charge in [-0.2, -0.15) is 0 Å². The molecule has 1 aromatic rings. The van der Waals surface area contributed by atoms with E-state index in [1.165, 1.54) is 18.2 Å². The van der Waals surface area contributed by atoms with Crippen LogP contribution in [-0.2, 0) is 47.3 Å². The number of rotatable bonds is 11. The summed E-state index contributed by atoms with van der Waals surface area (Å²) < 4.78 is 38.1. The van der Waals surface area contributed by atoms with Crippen molar-refractivity contribution in [2.24, 2.45) is 0 Å². The Labute approximate surface area is 250 Å². The van der Waals surface area contributed by atoms with Gasteiger partial charge >= 0.3 is 29.6 Å². The molecule has 1 aromatic carbocycles. The Hall–Kier alpha value is -3.82. The number of nitro groups is 1. The molecule has 0 bridgehead atoms. The van der Waals surface area contributed by atoms with Crippen molar-refractivity contribution in [1.82, 2.24) is 0 Å². The van der Waals surface area contributed by atoms with E-state index in [2.05, 4.69) is 33.9 Å². The molecule has 1 aliphatic heterocycles. The molecule has 1 aliphatic rings. The fourth-order valence-corrected chi connectivity index (χ4v) is 4.78. The molecule has 1 heterocycles. The molecule has 1 saturated heterocycles. The van der Waals surface area contributed by atoms with E-state index >= 15 is 0 Å². The highest BCUT2D eigenvalue weighted by atomic mass is 28.4. The van der Waals surface area contributed by atoms with Crippen molar-refractivity contribution in [3.8, 4) is 5.75 Å². The molecular formula is C28H39NO13Si. The quantitative estimate of drug-likeness (QED) is 0.114. The molecular weight excluding hydrogens is 586 g/mol. The summed E-state index contributed by atoms with van der Waals surface area (Å²) in [6.45, 7) is 14.0. The zero-order chi connectivity index (χ0) is 32.7. The van der Waals surface area contributed by atoms with Crippen LogP contribution in [0.1, 0.15) is 47.1 Å². The maximum atomic E-state index is 12.6. The molecule has 43 heavy (non-hydrogen) atoms. The van der Waals surface area contributed by atoms with E-state index in [1.54, 1.807) is 12.2 Å². The monoisotopic (exact) mass is 625 g/mol. The van der Waals surface area contributed by atoms with Gasteiger partial charge in [-0.3, -0.25) is 24.5 Å². The maximum Gasteiger partial charge on any atom is 0.339 e. The average Bonchev–Trinajstić information content (AvgIpc) is 2.88. The topological polar surface area (TPSA) is 176 Å². The lowest BCUT2D eigenvalue weighted by atomic mass is 9.97. The Morgan fingerprint density at radius 1 is 0.977 bits per heavy atom. The van der Waals surface area contributed by atoms with E-state index < -0.39 is 73.5 Å². The van der Waals surface area contributed by atoms with Gasteiger partial charge in [0.25, 0.3) is 0 Å². The van der Waals surface area contributed by atoms with Crippen molar-refractivity contribution in [2.75, 3.05) is 13.7 Å². The maximum absolute atomic E-state index is 12.6. The second kappa shape index (κ2) is 14.6. The Bertz CT molecular complexity index is 1240. The van der Waals surface area contributed by atoms with Crippen LogP contribution in [0.4, 0.5) is 5.69 Å². The summed E-state index contributed by atoms with van der Waals surface area (Å²) in [5.41, 5.74) is -0.00228. The zero-order valence-corrected chi connectivity index (χ0v) is 26.7. The summed E-state index contributed by atoms with van der Waals surface area (Å²) in [7, 11) is -0.951. The van der Waals surface area contributed by atoms with E-state index in [-0.39, 0.29) is 10.8 Å². The molecule has 0 spiro atoms. The molecule has 14 nitrogen and oxygen atoms in total. The van der Waals surface area contributed by atoms with Crippen LogP contribution in [-0.4, -0.2) is 81.5 Å². The van der Waals surface area contributed by atoms with Crippen molar-refractivity contribution < 1.29 is 56.9 Å². The van der Waals surface area contributed by atoms with Gasteiger partial charge < -0.3 is 32.8 Å². The number of hydrogen-bond donors (Lipinski definition) is 0. The Morgan fingerprint density at radius 3 is 2.05 bits per heavy atom. The molecule has 0 aromatic heterocycles. The first-order valence-corrected chi connectivity index (χ1v) is 16.3. The predicted molar refractivity (Wildman–Crippen MR) is 153 cm³/mol. The van der Waals surface area contributed by atoms with Crippen LogP contribution in [0.15, 0.2) is 24.3 Å². The lowest BCUT2D eigenvalue weighted by molar-refractivity contribution is -0.387. The summed E-state index contributed by atoms with van der Waals surface area (Å²) in [6.07, 6.45) is -4.85. The van der Waals surface area contributed by atoms with Gasteiger partial charge in [0.15, 0.2) is 32.4 Å². The molecule has 0 amide bonds. The van der Waals surface area contributed by atoms with Gasteiger partial charge in [0.05, 0.1) is 18.6 Å². The highest BCUT2D eigenvalue weighted by Gasteiger charge is 2.56. The molecule has 5 atom stereocenters. The van der Waals surface area contributed by atoms with Crippen LogP contribution < -0.4 is 4.74 Å². The molecule has 0 radical (unpaired) electrons. The Kier molecular flexibility index (Phi) is 12.0. The van der Waals surface area contributed by atoms with Gasteiger partial charge in [0, 0.05) is 26.8 Å². The number of carbonyl (C=O) groups excluding carboxylic acids is 4. The number of nitrogens with zero attached hydrogens (tertiary/aromatic N) is 1. The number of methoxy groups -OCH3 is 1. The van der Waals surface area contributed by atoms with Gasteiger partial charge in [-0.1, -0.05) is 39.0 Å². The van der Waals surface area contributed by atoms with E-state index in [0.29, 0.717) is 12.2 Å². The van der Waals surface area contributed by atoms with Gasteiger partial charge in [-0.25, -0.2) is 4.79 Å². The molecule has 15 heteroatoms. The SMILES string of the molecule is COC(=O)[C@H]1O[C@@H](Oc2ccc(/C=C/CO[Si](C)(C)C(C)(C)C)cc2[N+](=O)[O-])C(OC(C)=O)C(OC(C)=O)C1OC(C)=O. The lowest BCUT2D eigenvalue weighted by Crippen LogP contribution is -2.64. The molecule has 0 N–H and O–H groups in total. The van der Waals surface area contributed by atoms with Crippen molar-refractivity contribution >= 4 is 44.0 Å². The van der Waals surface area contributed by atoms with Gasteiger partial charge in [0.2, 0.25) is 12.4 Å². The minimum Gasteiger partial charge on any atom is -0.467 e. The normalized spacial score (nSPS) is 22.4. The van der Waals surface area contributed by atoms with Crippen LogP contribution in [0.2, 0.25) is 18.1 Å². The largest absolute Gasteiger partial charge is 0.467 e. The van der Waals surface area contributed by atoms with E-state index in [4.69, 9.17) is 32.8 Å². The average molecular weight is 626 g/mol. The van der Waals surface area contributed by atoms with Crippen LogP contribution in [0.5, 0.6) is 5.75 Å². The summed E-state index contributed by atoms with van der Waals surface area (Å²) in [5, 5.41) is 12.0. The van der Waals surface area contributed by atoms with Gasteiger partial charge in [-0.15, -0.1) is 0 Å². The first-order chi connectivity index (χ1) is 19.9. The van der Waals surface area contributed by atoms with Crippen LogP contribution in [0.25, 0.3) is 6.08 Å². The van der Waals surface area contributed by atoms with E-state index in [9.17, 15) is 29.3 Å². The summed E-state index contributed by atoms with van der Waals surface area (Å²) in [5.74, 6) is -3.95. The first kappa shape index (κ1) is 35.4. The van der Waals surface area contributed by atoms with Crippen molar-refractivity contribution in [3.63, 3.8) is 0 Å². The third-order valence-corrected chi connectivity index (χ3v) is 11.4. The second-order valence-electron chi connectivity index (χ2n) is 11.2. The minimum absolute atomic E-state index is 0.0172. The standard InChI is InChI=1S/C28H39NO13Si/c1-16(30)38-22-23(39-17(2)31)25(40-18(3)32)27(42-24(22)26(33)36-7)41-21-13-12-19(15-20(21)29(34)35)11-10-14-37-43(8,9)28(4,5)6/h10-13,15,22-25,27H,14H2,1-9H3/b11-10+/t22?,23?,24-,25?,27+/m0/s1. The number of carbonyl (C=O) groups is 4. The van der Waals surface area contributed by atoms with E-state index in [0.717, 1.165) is 27.9 Å². The van der Waals surface area contributed by atoms with Crippen molar-refractivity contribution in [3.05, 3.63) is 40.0 Å². The van der Waals surface area contributed by atoms with Gasteiger partial charge in [0.1, 0.15) is 0 Å². The summed E-state index contributed by atoms with van der Waals surface area (Å²) in [4.78, 5) is 59.8. The van der Waals surface area contributed by atoms with Crippen molar-refractivity contribution in [1.29, 1.82) is 0 Å². The number of benzene rings is 1. The molecule has 0 aliphatic carbocycles. The molecule has 238 valence electrons. The zero-order valence-electron chi connectivity index (χ0n) is 25.7. The Morgan fingerprint density at radius 2 is 1.53 bits per heavy atom. The fraction of sp³-hybridized carbons (Fsp3) is 0.571. The summed E-state index contributed by atoms with van der Waals surface area (Å²) >= 11 is 0. The first-order valence-electron chi connectivity index (χ1n) is 13.4. The minimum atomic E-state index is -1.99. The molecule has 2 rings (SSSR count). The number of ether oxygens (including phenoxy) is 6. The van der Waals surface area contributed by atoms with Crippen LogP contribution >= 0.6 is 0 Å². The lowest BCUT2D eigenvalue weighted by Gasteiger charge is -2.42. The van der Waals surface area contributed by atoms with Crippen LogP contribution in [0, 0.1) is 10.1 Å². The number of hydrogen-bond acceptors (Lipinski definition) is 13. The fourth-order valence-electron chi connectivity index (χ4n) is 3.84. The van der Waals surface area contributed by atoms with Crippen LogP contribution in [0.3, 0.4) is 0 Å². The van der Waals surface area contributed by atoms with Crippen molar-refractivity contribution in [2.45, 2.75) is 90.4 Å². The second-order valence-corrected chi connectivity index (χ2v) is 16.1. The number of nitro benzene ring substituents is 1. The van der Waals surface area contributed by atoms with Gasteiger partial charge in [-0.05, 0) is 29.8 Å². The third kappa shape index (κ3) is 9.59. The summed E-state index contributed by atoms with van der Waals surface area (Å²) in [6, 6.07) is 4.09. The highest BCUT2D eigenvalue weighted by molar-refractivity contribution is 6.74. The molecule has 0 saturated carbocycles. The molecule has 1 fully saturated rings. The highest BCUT2D eigenvalue weighted by Crippen LogP contribution is 2.37. The van der Waals surface area contributed by atoms with E-state index in [1.807, 2.05) is 0 Å².